The summed E-state index contributed by atoms with van der Waals surface area (Å²) in [7, 11) is -3.82. The average molecular weight is 422 g/mol. The van der Waals surface area contributed by atoms with Gasteiger partial charge in [-0.15, -0.1) is 0 Å². The number of alkyl halides is 3. The summed E-state index contributed by atoms with van der Waals surface area (Å²) < 4.78 is 63.4. The Kier molecular flexibility index (Phi) is 6.06. The van der Waals surface area contributed by atoms with E-state index < -0.39 is 32.4 Å². The molecular formula is C17H15ClF3NO4S. The molecule has 0 spiro atoms. The zero-order valence-corrected chi connectivity index (χ0v) is 15.5. The third kappa shape index (κ3) is 5.61. The zero-order chi connectivity index (χ0) is 20.4. The molecule has 0 unspecified atom stereocenters. The van der Waals surface area contributed by atoms with Gasteiger partial charge in [-0.1, -0.05) is 17.7 Å². The minimum atomic E-state index is -4.80. The molecule has 2 rings (SSSR count). The van der Waals surface area contributed by atoms with E-state index in [9.17, 15) is 26.4 Å². The van der Waals surface area contributed by atoms with Crippen molar-refractivity contribution in [1.29, 1.82) is 0 Å². The number of sulfone groups is 1. The maximum absolute atomic E-state index is 13.4. The van der Waals surface area contributed by atoms with E-state index in [1.807, 2.05) is 0 Å². The number of aryl methyl sites for hydroxylation is 1. The Balaban J connectivity index is 2.51. The predicted molar refractivity (Wildman–Crippen MR) is 95.2 cm³/mol. The van der Waals surface area contributed by atoms with Crippen LogP contribution in [-0.2, 0) is 27.2 Å². The molecule has 0 radical (unpaired) electrons. The van der Waals surface area contributed by atoms with Crippen molar-refractivity contribution in [3.8, 4) is 0 Å². The van der Waals surface area contributed by atoms with E-state index in [-0.39, 0.29) is 29.2 Å². The van der Waals surface area contributed by atoms with Crippen LogP contribution in [0.1, 0.15) is 17.5 Å². The number of nitrogens with one attached hydrogen (secondary N) is 1. The van der Waals surface area contributed by atoms with Crippen molar-refractivity contribution < 1.29 is 31.5 Å². The van der Waals surface area contributed by atoms with Gasteiger partial charge in [-0.25, -0.2) is 8.42 Å². The Morgan fingerprint density at radius 3 is 2.37 bits per heavy atom. The van der Waals surface area contributed by atoms with E-state index >= 15 is 0 Å². The lowest BCUT2D eigenvalue weighted by Gasteiger charge is -2.18. The normalized spacial score (nSPS) is 12.0. The van der Waals surface area contributed by atoms with Gasteiger partial charge in [0.05, 0.1) is 16.1 Å². The quantitative estimate of drug-likeness (QED) is 0.716. The SMILES string of the molecule is CS(=O)(=O)c1ccc(Nc2cc(Cl)ccc2CCC(=O)O)c(C(F)(F)F)c1. The van der Waals surface area contributed by atoms with Gasteiger partial charge in [0.25, 0.3) is 0 Å². The molecule has 0 aliphatic rings. The van der Waals surface area contributed by atoms with Crippen LogP contribution in [0.5, 0.6) is 0 Å². The fourth-order valence-electron chi connectivity index (χ4n) is 2.37. The standard InChI is InChI=1S/C17H15ClF3NO4S/c1-27(25,26)12-5-6-14(13(9-12)17(19,20)21)22-15-8-11(18)4-2-10(15)3-7-16(23)24/h2,4-6,8-9,22H,3,7H2,1H3,(H,23,24). The smallest absolute Gasteiger partial charge is 0.418 e. The van der Waals surface area contributed by atoms with E-state index in [4.69, 9.17) is 16.7 Å². The highest BCUT2D eigenvalue weighted by Gasteiger charge is 2.34. The predicted octanol–water partition coefficient (Wildman–Crippen LogP) is 4.52. The van der Waals surface area contributed by atoms with Crippen LogP contribution < -0.4 is 5.32 Å². The molecule has 0 saturated heterocycles. The van der Waals surface area contributed by atoms with Crippen LogP contribution in [0.4, 0.5) is 24.5 Å². The molecule has 10 heteroatoms. The van der Waals surface area contributed by atoms with E-state index in [0.29, 0.717) is 11.6 Å². The van der Waals surface area contributed by atoms with E-state index in [0.717, 1.165) is 18.4 Å². The number of hydrogen-bond acceptors (Lipinski definition) is 4. The molecule has 0 aliphatic heterocycles. The summed E-state index contributed by atoms with van der Waals surface area (Å²) >= 11 is 5.90. The Bertz CT molecular complexity index is 975. The number of carboxylic acids is 1. The highest BCUT2D eigenvalue weighted by Crippen LogP contribution is 2.38. The van der Waals surface area contributed by atoms with E-state index in [1.54, 1.807) is 0 Å². The number of carboxylic acid groups (broad SMARTS) is 1. The van der Waals surface area contributed by atoms with Gasteiger partial charge in [-0.2, -0.15) is 13.2 Å². The summed E-state index contributed by atoms with van der Waals surface area (Å²) in [6.45, 7) is 0. The molecule has 2 aromatic rings. The van der Waals surface area contributed by atoms with Crippen LogP contribution >= 0.6 is 11.6 Å². The van der Waals surface area contributed by atoms with Crippen LogP contribution in [0.15, 0.2) is 41.3 Å². The molecule has 146 valence electrons. The molecule has 0 bridgehead atoms. The lowest BCUT2D eigenvalue weighted by molar-refractivity contribution is -0.137. The lowest BCUT2D eigenvalue weighted by atomic mass is 10.1. The van der Waals surface area contributed by atoms with Gasteiger partial charge < -0.3 is 10.4 Å². The first kappa shape index (κ1) is 21.0. The van der Waals surface area contributed by atoms with Crippen LogP contribution in [0, 0.1) is 0 Å². The molecule has 27 heavy (non-hydrogen) atoms. The molecule has 0 amide bonds. The molecule has 2 N–H and O–H groups in total. The van der Waals surface area contributed by atoms with Crippen molar-refractivity contribution in [3.63, 3.8) is 0 Å². The molecule has 0 fully saturated rings. The van der Waals surface area contributed by atoms with E-state index in [2.05, 4.69) is 5.32 Å². The topological polar surface area (TPSA) is 83.5 Å². The second kappa shape index (κ2) is 7.77. The lowest BCUT2D eigenvalue weighted by Crippen LogP contribution is -2.11. The molecule has 0 aliphatic carbocycles. The highest BCUT2D eigenvalue weighted by molar-refractivity contribution is 7.90. The van der Waals surface area contributed by atoms with Crippen molar-refractivity contribution >= 4 is 38.8 Å². The summed E-state index contributed by atoms with van der Waals surface area (Å²) in [6.07, 6.45) is -4.12. The molecule has 0 heterocycles. The summed E-state index contributed by atoms with van der Waals surface area (Å²) in [5, 5.41) is 11.7. The largest absolute Gasteiger partial charge is 0.481 e. The number of halogens is 4. The molecule has 0 saturated carbocycles. The highest BCUT2D eigenvalue weighted by atomic mass is 35.5. The molecule has 5 nitrogen and oxygen atoms in total. The Morgan fingerprint density at radius 1 is 1.15 bits per heavy atom. The van der Waals surface area contributed by atoms with Gasteiger partial charge in [0.2, 0.25) is 0 Å². The van der Waals surface area contributed by atoms with Crippen LogP contribution in [0.3, 0.4) is 0 Å². The van der Waals surface area contributed by atoms with Gasteiger partial charge in [-0.05, 0) is 42.3 Å². The summed E-state index contributed by atoms with van der Waals surface area (Å²) in [5.74, 6) is -1.05. The van der Waals surface area contributed by atoms with Crippen molar-refractivity contribution in [3.05, 3.63) is 52.5 Å². The van der Waals surface area contributed by atoms with Gasteiger partial charge in [0, 0.05) is 23.4 Å². The third-order valence-electron chi connectivity index (χ3n) is 3.67. The molecule has 0 aromatic heterocycles. The van der Waals surface area contributed by atoms with Crippen molar-refractivity contribution in [2.75, 3.05) is 11.6 Å². The van der Waals surface area contributed by atoms with Gasteiger partial charge in [0.15, 0.2) is 9.84 Å². The average Bonchev–Trinajstić information content (AvgIpc) is 2.52. The zero-order valence-electron chi connectivity index (χ0n) is 14.0. The monoisotopic (exact) mass is 421 g/mol. The second-order valence-corrected chi connectivity index (χ2v) is 8.25. The first-order chi connectivity index (χ1) is 12.4. The molecule has 2 aromatic carbocycles. The number of benzene rings is 2. The maximum Gasteiger partial charge on any atom is 0.418 e. The Morgan fingerprint density at radius 2 is 1.81 bits per heavy atom. The number of carbonyl (C=O) groups is 1. The first-order valence-corrected chi connectivity index (χ1v) is 9.83. The van der Waals surface area contributed by atoms with Crippen molar-refractivity contribution in [2.45, 2.75) is 23.9 Å². The Hall–Kier alpha value is -2.26. The second-order valence-electron chi connectivity index (χ2n) is 5.80. The minimum absolute atomic E-state index is 0.0810. The van der Waals surface area contributed by atoms with Crippen molar-refractivity contribution in [2.24, 2.45) is 0 Å². The van der Waals surface area contributed by atoms with Gasteiger partial charge in [-0.3, -0.25) is 4.79 Å². The summed E-state index contributed by atoms with van der Waals surface area (Å²) in [5.41, 5.74) is -0.855. The summed E-state index contributed by atoms with van der Waals surface area (Å²) in [6, 6.07) is 7.03. The van der Waals surface area contributed by atoms with Crippen LogP contribution in [0.2, 0.25) is 5.02 Å². The van der Waals surface area contributed by atoms with Gasteiger partial charge in [0.1, 0.15) is 0 Å². The van der Waals surface area contributed by atoms with Gasteiger partial charge >= 0.3 is 12.1 Å². The van der Waals surface area contributed by atoms with Crippen LogP contribution in [0.25, 0.3) is 0 Å². The van der Waals surface area contributed by atoms with Crippen molar-refractivity contribution in [1.82, 2.24) is 0 Å². The molecule has 0 atom stereocenters. The number of aliphatic carboxylic acids is 1. The van der Waals surface area contributed by atoms with Crippen LogP contribution in [-0.4, -0.2) is 25.7 Å². The summed E-state index contributed by atoms with van der Waals surface area (Å²) in [4.78, 5) is 10.3. The minimum Gasteiger partial charge on any atom is -0.481 e. The maximum atomic E-state index is 13.4. The third-order valence-corrected chi connectivity index (χ3v) is 5.02. The van der Waals surface area contributed by atoms with E-state index in [1.165, 1.54) is 18.2 Å². The Labute approximate surface area is 158 Å². The number of hydrogen-bond donors (Lipinski definition) is 2. The molecular weight excluding hydrogens is 407 g/mol. The fourth-order valence-corrected chi connectivity index (χ4v) is 3.19. The number of anilines is 2. The number of rotatable bonds is 6. The fraction of sp³-hybridized carbons (Fsp3) is 0.235. The first-order valence-electron chi connectivity index (χ1n) is 7.56.